The fourth-order valence-electron chi connectivity index (χ4n) is 2.79. The molecule has 0 fully saturated rings. The molecule has 0 heterocycles. The lowest BCUT2D eigenvalue weighted by molar-refractivity contribution is -0.143. The predicted octanol–water partition coefficient (Wildman–Crippen LogP) is 4.35. The van der Waals surface area contributed by atoms with Crippen LogP contribution in [0.2, 0.25) is 0 Å². The molecule has 29 heavy (non-hydrogen) atoms. The van der Waals surface area contributed by atoms with Crippen LogP contribution < -0.4 is 5.32 Å². The van der Waals surface area contributed by atoms with Crippen LogP contribution in [-0.4, -0.2) is 35.3 Å². The largest absolute Gasteiger partial charge is 0.454 e. The molecule has 1 N–H and O–H groups in total. The van der Waals surface area contributed by atoms with Gasteiger partial charge in [-0.2, -0.15) is 0 Å². The van der Waals surface area contributed by atoms with E-state index in [2.05, 4.69) is 5.32 Å². The Morgan fingerprint density at radius 2 is 1.72 bits per heavy atom. The summed E-state index contributed by atoms with van der Waals surface area (Å²) in [5.74, 6) is -0.801. The van der Waals surface area contributed by atoms with Crippen LogP contribution in [0.3, 0.4) is 0 Å². The monoisotopic (exact) mass is 413 g/mol. The van der Waals surface area contributed by atoms with Crippen LogP contribution >= 0.6 is 11.8 Å². The molecule has 0 spiro atoms. The topological polar surface area (TPSA) is 72.5 Å². The van der Waals surface area contributed by atoms with Gasteiger partial charge in [0.15, 0.2) is 6.10 Å². The van der Waals surface area contributed by atoms with Gasteiger partial charge in [-0.3, -0.25) is 14.4 Å². The van der Waals surface area contributed by atoms with Crippen LogP contribution in [-0.2, 0) is 20.7 Å². The molecule has 0 saturated heterocycles. The van der Waals surface area contributed by atoms with Gasteiger partial charge in [0.25, 0.3) is 0 Å². The second-order valence-electron chi connectivity index (χ2n) is 6.91. The highest BCUT2D eigenvalue weighted by Gasteiger charge is 2.19. The third-order valence-corrected chi connectivity index (χ3v) is 5.34. The number of anilines is 1. The van der Waals surface area contributed by atoms with Crippen molar-refractivity contribution in [2.45, 2.75) is 40.2 Å². The van der Waals surface area contributed by atoms with Crippen molar-refractivity contribution in [1.29, 1.82) is 0 Å². The Labute approximate surface area is 176 Å². The van der Waals surface area contributed by atoms with Crippen LogP contribution in [0.15, 0.2) is 42.5 Å². The Hall–Kier alpha value is -2.60. The molecular formula is C23H27NO4S. The van der Waals surface area contributed by atoms with E-state index in [0.29, 0.717) is 5.56 Å². The molecule has 2 rings (SSSR count). The Balaban J connectivity index is 1.75. The van der Waals surface area contributed by atoms with E-state index in [-0.39, 0.29) is 23.2 Å². The molecule has 5 nitrogen and oxygen atoms in total. The van der Waals surface area contributed by atoms with Crippen molar-refractivity contribution in [2.24, 2.45) is 0 Å². The molecule has 0 aromatic heterocycles. The van der Waals surface area contributed by atoms with Gasteiger partial charge in [0.05, 0.1) is 11.5 Å². The number of aryl methyl sites for hydroxylation is 3. The number of thioether (sulfide) groups is 1. The third kappa shape index (κ3) is 7.06. The molecule has 0 aliphatic carbocycles. The number of ether oxygens (including phenoxy) is 1. The van der Waals surface area contributed by atoms with Crippen molar-refractivity contribution in [3.8, 4) is 0 Å². The molecule has 2 aromatic rings. The van der Waals surface area contributed by atoms with E-state index < -0.39 is 12.1 Å². The van der Waals surface area contributed by atoms with Crippen molar-refractivity contribution in [1.82, 2.24) is 0 Å². The van der Waals surface area contributed by atoms with Gasteiger partial charge in [-0.1, -0.05) is 48.9 Å². The summed E-state index contributed by atoms with van der Waals surface area (Å²) in [5.41, 5.74) is 4.53. The summed E-state index contributed by atoms with van der Waals surface area (Å²) in [6.07, 6.45) is 0.0347. The van der Waals surface area contributed by atoms with Crippen LogP contribution in [0.4, 0.5) is 5.69 Å². The van der Waals surface area contributed by atoms with Gasteiger partial charge >= 0.3 is 5.97 Å². The highest BCUT2D eigenvalue weighted by molar-refractivity contribution is 8.00. The van der Waals surface area contributed by atoms with Crippen molar-refractivity contribution >= 4 is 35.1 Å². The third-order valence-electron chi connectivity index (χ3n) is 4.43. The van der Waals surface area contributed by atoms with Gasteiger partial charge in [0.1, 0.15) is 0 Å². The highest BCUT2D eigenvalue weighted by atomic mass is 32.2. The SMILES string of the molecule is CCc1ccc(C(=O)[C@H](C)OC(=O)CSCC(=O)Nc2ccc(C)cc2C)cc1. The molecule has 0 radical (unpaired) electrons. The van der Waals surface area contributed by atoms with Crippen molar-refractivity contribution < 1.29 is 19.1 Å². The van der Waals surface area contributed by atoms with Gasteiger partial charge in [-0.15, -0.1) is 11.8 Å². The number of amides is 1. The molecule has 1 amide bonds. The number of hydrogen-bond acceptors (Lipinski definition) is 5. The van der Waals surface area contributed by atoms with E-state index in [1.165, 1.54) is 0 Å². The van der Waals surface area contributed by atoms with Gasteiger partial charge in [-0.25, -0.2) is 0 Å². The zero-order valence-electron chi connectivity index (χ0n) is 17.3. The maximum Gasteiger partial charge on any atom is 0.316 e. The van der Waals surface area contributed by atoms with E-state index in [1.807, 2.05) is 51.1 Å². The minimum absolute atomic E-state index is 0.00664. The molecule has 0 bridgehead atoms. The summed E-state index contributed by atoms with van der Waals surface area (Å²) >= 11 is 1.15. The first-order valence-corrected chi connectivity index (χ1v) is 10.7. The first kappa shape index (κ1) is 22.7. The zero-order valence-corrected chi connectivity index (χ0v) is 18.1. The lowest BCUT2D eigenvalue weighted by atomic mass is 10.0. The molecule has 1 atom stereocenters. The van der Waals surface area contributed by atoms with E-state index in [9.17, 15) is 14.4 Å². The van der Waals surface area contributed by atoms with E-state index in [4.69, 9.17) is 4.74 Å². The molecule has 154 valence electrons. The zero-order chi connectivity index (χ0) is 21.4. The number of Topliss-reactive ketones (excluding diaryl/α,β-unsaturated/α-hetero) is 1. The van der Waals surface area contributed by atoms with E-state index in [0.717, 1.165) is 40.6 Å². The molecule has 0 aliphatic heterocycles. The first-order valence-electron chi connectivity index (χ1n) is 9.57. The molecule has 2 aromatic carbocycles. The molecule has 0 unspecified atom stereocenters. The fourth-order valence-corrected chi connectivity index (χ4v) is 3.39. The van der Waals surface area contributed by atoms with Crippen LogP contribution in [0.1, 0.15) is 40.9 Å². The number of carbonyl (C=O) groups is 3. The standard InChI is InChI=1S/C23H27NO4S/c1-5-18-7-9-19(10-8-18)23(27)17(4)28-22(26)14-29-13-21(25)24-20-11-6-15(2)12-16(20)3/h6-12,17H,5,13-14H2,1-4H3,(H,24,25)/t17-/m0/s1. The van der Waals surface area contributed by atoms with Crippen LogP contribution in [0.5, 0.6) is 0 Å². The normalized spacial score (nSPS) is 11.6. The van der Waals surface area contributed by atoms with Crippen LogP contribution in [0, 0.1) is 13.8 Å². The van der Waals surface area contributed by atoms with Gasteiger partial charge in [-0.05, 0) is 44.4 Å². The average molecular weight is 414 g/mol. The molecule has 0 saturated carbocycles. The lowest BCUT2D eigenvalue weighted by Gasteiger charge is -2.13. The maximum absolute atomic E-state index is 12.4. The summed E-state index contributed by atoms with van der Waals surface area (Å²) < 4.78 is 5.21. The average Bonchev–Trinajstić information content (AvgIpc) is 2.69. The van der Waals surface area contributed by atoms with Gasteiger partial charge < -0.3 is 10.1 Å². The molecular weight excluding hydrogens is 386 g/mol. The minimum atomic E-state index is -0.861. The second-order valence-corrected chi connectivity index (χ2v) is 7.89. The highest BCUT2D eigenvalue weighted by Crippen LogP contribution is 2.16. The predicted molar refractivity (Wildman–Crippen MR) is 118 cm³/mol. The Morgan fingerprint density at radius 1 is 1.03 bits per heavy atom. The van der Waals surface area contributed by atoms with Crippen molar-refractivity contribution in [3.63, 3.8) is 0 Å². The first-order chi connectivity index (χ1) is 13.8. The fraction of sp³-hybridized carbons (Fsp3) is 0.348. The summed E-state index contributed by atoms with van der Waals surface area (Å²) in [6.45, 7) is 7.53. The second kappa shape index (κ2) is 10.8. The minimum Gasteiger partial charge on any atom is -0.454 e. The number of rotatable bonds is 9. The Kier molecular flexibility index (Phi) is 8.46. The Bertz CT molecular complexity index is 877. The maximum atomic E-state index is 12.4. The quantitative estimate of drug-likeness (QED) is 0.489. The number of ketones is 1. The molecule has 6 heteroatoms. The van der Waals surface area contributed by atoms with Gasteiger partial charge in [0, 0.05) is 11.3 Å². The number of benzene rings is 2. The van der Waals surface area contributed by atoms with Crippen molar-refractivity contribution in [3.05, 3.63) is 64.7 Å². The molecule has 0 aliphatic rings. The lowest BCUT2D eigenvalue weighted by Crippen LogP contribution is -2.25. The van der Waals surface area contributed by atoms with E-state index >= 15 is 0 Å². The number of nitrogens with one attached hydrogen (secondary N) is 1. The Morgan fingerprint density at radius 3 is 2.34 bits per heavy atom. The summed E-state index contributed by atoms with van der Waals surface area (Å²) in [4.78, 5) is 36.4. The summed E-state index contributed by atoms with van der Waals surface area (Å²) in [5, 5.41) is 2.83. The number of carbonyl (C=O) groups excluding carboxylic acids is 3. The van der Waals surface area contributed by atoms with Gasteiger partial charge in [0.2, 0.25) is 11.7 Å². The smallest absolute Gasteiger partial charge is 0.316 e. The van der Waals surface area contributed by atoms with Crippen molar-refractivity contribution in [2.75, 3.05) is 16.8 Å². The summed E-state index contributed by atoms with van der Waals surface area (Å²) in [7, 11) is 0. The number of hydrogen-bond donors (Lipinski definition) is 1. The van der Waals surface area contributed by atoms with E-state index in [1.54, 1.807) is 19.1 Å². The van der Waals surface area contributed by atoms with Crippen LogP contribution in [0.25, 0.3) is 0 Å². The summed E-state index contributed by atoms with van der Waals surface area (Å²) in [6, 6.07) is 13.1. The number of esters is 1.